The quantitative estimate of drug-likeness (QED) is 0.788. The fraction of sp³-hybridized carbons (Fsp3) is 0.538. The highest BCUT2D eigenvalue weighted by Crippen LogP contribution is 2.53. The van der Waals surface area contributed by atoms with E-state index >= 15 is 0 Å². The summed E-state index contributed by atoms with van der Waals surface area (Å²) in [5.74, 6) is 1.22. The van der Waals surface area contributed by atoms with Crippen LogP contribution in [-0.2, 0) is 5.41 Å². The molecule has 3 heteroatoms. The largest absolute Gasteiger partial charge is 0.494 e. The van der Waals surface area contributed by atoms with Gasteiger partial charge in [-0.1, -0.05) is 12.1 Å². The van der Waals surface area contributed by atoms with E-state index in [4.69, 9.17) is 10.5 Å². The summed E-state index contributed by atoms with van der Waals surface area (Å²) in [5, 5.41) is 9.19. The fourth-order valence-corrected chi connectivity index (χ4v) is 2.39. The van der Waals surface area contributed by atoms with Crippen molar-refractivity contribution < 1.29 is 9.84 Å². The van der Waals surface area contributed by atoms with Crippen LogP contribution in [0.15, 0.2) is 24.3 Å². The van der Waals surface area contributed by atoms with Gasteiger partial charge in [0.15, 0.2) is 0 Å². The first-order valence-electron chi connectivity index (χ1n) is 5.81. The minimum Gasteiger partial charge on any atom is -0.494 e. The number of aliphatic hydroxyl groups is 1. The predicted molar refractivity (Wildman–Crippen MR) is 63.5 cm³/mol. The third kappa shape index (κ3) is 1.81. The van der Waals surface area contributed by atoms with Gasteiger partial charge in [-0.05, 0) is 37.0 Å². The van der Waals surface area contributed by atoms with Crippen molar-refractivity contribution in [3.05, 3.63) is 29.8 Å². The molecule has 1 aliphatic rings. The molecule has 1 aromatic carbocycles. The lowest BCUT2D eigenvalue weighted by Gasteiger charge is -2.15. The zero-order valence-electron chi connectivity index (χ0n) is 9.65. The molecule has 0 amide bonds. The third-order valence-corrected chi connectivity index (χ3v) is 3.56. The summed E-state index contributed by atoms with van der Waals surface area (Å²) in [7, 11) is 0. The van der Waals surface area contributed by atoms with Crippen molar-refractivity contribution in [2.45, 2.75) is 18.8 Å². The van der Waals surface area contributed by atoms with Gasteiger partial charge in [0.25, 0.3) is 0 Å². The molecular weight excluding hydrogens is 202 g/mol. The zero-order valence-corrected chi connectivity index (χ0v) is 9.65. The molecule has 0 bridgehead atoms. The van der Waals surface area contributed by atoms with Gasteiger partial charge in [-0.15, -0.1) is 0 Å². The van der Waals surface area contributed by atoms with Crippen molar-refractivity contribution in [2.75, 3.05) is 19.8 Å². The number of rotatable bonds is 5. The van der Waals surface area contributed by atoms with E-state index in [-0.39, 0.29) is 12.0 Å². The molecule has 0 saturated heterocycles. The maximum absolute atomic E-state index is 9.19. The van der Waals surface area contributed by atoms with Crippen LogP contribution in [0.25, 0.3) is 0 Å². The first-order chi connectivity index (χ1) is 7.76. The minimum absolute atomic E-state index is 0.0134. The molecule has 1 fully saturated rings. The Kier molecular flexibility index (Phi) is 3.17. The maximum Gasteiger partial charge on any atom is 0.119 e. The van der Waals surface area contributed by atoms with E-state index in [0.29, 0.717) is 19.1 Å². The van der Waals surface area contributed by atoms with Crippen molar-refractivity contribution in [1.82, 2.24) is 0 Å². The standard InChI is InChI=1S/C13H19NO2/c1-2-16-12-5-3-10(4-6-12)13(9-14)7-11(13)8-15/h3-6,11,15H,2,7-9,14H2,1H3. The lowest BCUT2D eigenvalue weighted by Crippen LogP contribution is -2.23. The molecule has 0 radical (unpaired) electrons. The van der Waals surface area contributed by atoms with Gasteiger partial charge >= 0.3 is 0 Å². The van der Waals surface area contributed by atoms with Crippen molar-refractivity contribution in [1.29, 1.82) is 0 Å². The molecule has 2 atom stereocenters. The van der Waals surface area contributed by atoms with Crippen LogP contribution >= 0.6 is 0 Å². The number of hydrogen-bond donors (Lipinski definition) is 2. The van der Waals surface area contributed by atoms with Crippen LogP contribution in [0.1, 0.15) is 18.9 Å². The van der Waals surface area contributed by atoms with Gasteiger partial charge in [-0.2, -0.15) is 0 Å². The van der Waals surface area contributed by atoms with E-state index in [2.05, 4.69) is 12.1 Å². The van der Waals surface area contributed by atoms with Gasteiger partial charge < -0.3 is 15.6 Å². The number of nitrogens with two attached hydrogens (primary N) is 1. The molecule has 3 N–H and O–H groups in total. The molecule has 0 spiro atoms. The van der Waals surface area contributed by atoms with Gasteiger partial charge in [-0.3, -0.25) is 0 Å². The summed E-state index contributed by atoms with van der Waals surface area (Å²) >= 11 is 0. The Morgan fingerprint density at radius 1 is 1.44 bits per heavy atom. The highest BCUT2D eigenvalue weighted by Gasteiger charge is 2.53. The first-order valence-corrected chi connectivity index (χ1v) is 5.81. The Morgan fingerprint density at radius 3 is 2.56 bits per heavy atom. The van der Waals surface area contributed by atoms with Crippen LogP contribution in [0.3, 0.4) is 0 Å². The van der Waals surface area contributed by atoms with Crippen LogP contribution in [-0.4, -0.2) is 24.9 Å². The average molecular weight is 221 g/mol. The molecule has 1 aromatic rings. The summed E-state index contributed by atoms with van der Waals surface area (Å²) < 4.78 is 5.40. The molecule has 2 rings (SSSR count). The van der Waals surface area contributed by atoms with Crippen LogP contribution in [0.2, 0.25) is 0 Å². The van der Waals surface area contributed by atoms with E-state index in [1.807, 2.05) is 19.1 Å². The van der Waals surface area contributed by atoms with Crippen molar-refractivity contribution in [3.8, 4) is 5.75 Å². The minimum atomic E-state index is 0.0134. The topological polar surface area (TPSA) is 55.5 Å². The lowest BCUT2D eigenvalue weighted by atomic mass is 9.93. The summed E-state index contributed by atoms with van der Waals surface area (Å²) in [6.07, 6.45) is 0.994. The van der Waals surface area contributed by atoms with E-state index in [1.54, 1.807) is 0 Å². The second-order valence-electron chi connectivity index (χ2n) is 4.40. The summed E-state index contributed by atoms with van der Waals surface area (Å²) in [4.78, 5) is 0. The molecule has 3 nitrogen and oxygen atoms in total. The Labute approximate surface area is 96.2 Å². The van der Waals surface area contributed by atoms with Gasteiger partial charge in [0, 0.05) is 18.6 Å². The Bertz CT molecular complexity index is 349. The molecule has 88 valence electrons. The van der Waals surface area contributed by atoms with Gasteiger partial charge in [0.2, 0.25) is 0 Å². The Balaban J connectivity index is 2.15. The average Bonchev–Trinajstić information content (AvgIpc) is 3.05. The van der Waals surface area contributed by atoms with Gasteiger partial charge in [-0.25, -0.2) is 0 Å². The normalized spacial score (nSPS) is 27.8. The van der Waals surface area contributed by atoms with Crippen LogP contribution in [0.5, 0.6) is 5.75 Å². The Morgan fingerprint density at radius 2 is 2.12 bits per heavy atom. The van der Waals surface area contributed by atoms with E-state index in [9.17, 15) is 5.11 Å². The number of benzene rings is 1. The summed E-state index contributed by atoms with van der Waals surface area (Å²) in [6, 6.07) is 8.08. The second kappa shape index (κ2) is 4.44. The molecule has 16 heavy (non-hydrogen) atoms. The van der Waals surface area contributed by atoms with E-state index < -0.39 is 0 Å². The Hall–Kier alpha value is -1.06. The van der Waals surface area contributed by atoms with Gasteiger partial charge in [0.1, 0.15) is 5.75 Å². The van der Waals surface area contributed by atoms with Crippen LogP contribution in [0.4, 0.5) is 0 Å². The summed E-state index contributed by atoms with van der Waals surface area (Å²) in [6.45, 7) is 3.48. The fourth-order valence-electron chi connectivity index (χ4n) is 2.39. The molecule has 2 unspecified atom stereocenters. The monoisotopic (exact) mass is 221 g/mol. The van der Waals surface area contributed by atoms with Gasteiger partial charge in [0.05, 0.1) is 6.61 Å². The number of aliphatic hydroxyl groups excluding tert-OH is 1. The van der Waals surface area contributed by atoms with Crippen LogP contribution in [0, 0.1) is 5.92 Å². The summed E-state index contributed by atoms with van der Waals surface area (Å²) in [5.41, 5.74) is 7.05. The molecule has 0 heterocycles. The van der Waals surface area contributed by atoms with Crippen LogP contribution < -0.4 is 10.5 Å². The zero-order chi connectivity index (χ0) is 11.6. The predicted octanol–water partition coefficient (Wildman–Crippen LogP) is 1.29. The smallest absolute Gasteiger partial charge is 0.119 e. The number of ether oxygens (including phenoxy) is 1. The lowest BCUT2D eigenvalue weighted by molar-refractivity contribution is 0.264. The molecule has 1 saturated carbocycles. The maximum atomic E-state index is 9.19. The molecule has 0 aliphatic heterocycles. The van der Waals surface area contributed by atoms with Crippen molar-refractivity contribution in [2.24, 2.45) is 11.7 Å². The SMILES string of the molecule is CCOc1ccc(C2(CN)CC2CO)cc1. The highest BCUT2D eigenvalue weighted by atomic mass is 16.5. The molecule has 0 aromatic heterocycles. The molecule has 1 aliphatic carbocycles. The van der Waals surface area contributed by atoms with E-state index in [1.165, 1.54) is 5.56 Å². The molecular formula is C13H19NO2. The highest BCUT2D eigenvalue weighted by molar-refractivity contribution is 5.38. The third-order valence-electron chi connectivity index (χ3n) is 3.56. The van der Waals surface area contributed by atoms with E-state index in [0.717, 1.165) is 12.2 Å². The first kappa shape index (κ1) is 11.4. The second-order valence-corrected chi connectivity index (χ2v) is 4.40. The van der Waals surface area contributed by atoms with Crippen molar-refractivity contribution in [3.63, 3.8) is 0 Å². The number of hydrogen-bond acceptors (Lipinski definition) is 3. The van der Waals surface area contributed by atoms with Crippen molar-refractivity contribution >= 4 is 0 Å².